The third-order valence-electron chi connectivity index (χ3n) is 4.37. The Morgan fingerprint density at radius 2 is 1.88 bits per heavy atom. The summed E-state index contributed by atoms with van der Waals surface area (Å²) in [7, 11) is -3.27. The van der Waals surface area contributed by atoms with Gasteiger partial charge in [0.15, 0.2) is 9.84 Å². The van der Waals surface area contributed by atoms with E-state index in [0.29, 0.717) is 5.52 Å². The topological polar surface area (TPSA) is 64.8 Å². The van der Waals surface area contributed by atoms with Crippen molar-refractivity contribution in [1.82, 2.24) is 14.5 Å². The van der Waals surface area contributed by atoms with Crippen LogP contribution in [0.4, 0.5) is 0 Å². The van der Waals surface area contributed by atoms with Gasteiger partial charge >= 0.3 is 0 Å². The van der Waals surface area contributed by atoms with Crippen LogP contribution in [0.3, 0.4) is 0 Å². The molecule has 6 heteroatoms. The Morgan fingerprint density at radius 1 is 1.08 bits per heavy atom. The van der Waals surface area contributed by atoms with Crippen LogP contribution in [0.15, 0.2) is 59.8 Å². The molecular formula is C19H17N3O2S. The highest BCUT2D eigenvalue weighted by molar-refractivity contribution is 7.90. The lowest BCUT2D eigenvalue weighted by atomic mass is 10.1. The van der Waals surface area contributed by atoms with Crippen LogP contribution in [0.2, 0.25) is 0 Å². The summed E-state index contributed by atoms with van der Waals surface area (Å²) in [5, 5.41) is 2.12. The molecule has 2 aromatic heterocycles. The Labute approximate surface area is 145 Å². The molecule has 2 heterocycles. The number of fused-ring (bicyclic) bond motifs is 2. The predicted molar refractivity (Wildman–Crippen MR) is 99.3 cm³/mol. The van der Waals surface area contributed by atoms with Crippen molar-refractivity contribution >= 4 is 31.6 Å². The van der Waals surface area contributed by atoms with Crippen LogP contribution >= 0.6 is 0 Å². The lowest BCUT2D eigenvalue weighted by Gasteiger charge is -2.08. The lowest BCUT2D eigenvalue weighted by Crippen LogP contribution is -1.99. The van der Waals surface area contributed by atoms with Gasteiger partial charge in [0, 0.05) is 36.1 Å². The molecule has 0 aliphatic carbocycles. The second-order valence-electron chi connectivity index (χ2n) is 6.01. The smallest absolute Gasteiger partial charge is 0.175 e. The van der Waals surface area contributed by atoms with Crippen molar-refractivity contribution in [3.8, 4) is 11.4 Å². The molecule has 0 fully saturated rings. The van der Waals surface area contributed by atoms with Crippen LogP contribution in [0, 0.1) is 0 Å². The highest BCUT2D eigenvalue weighted by atomic mass is 32.2. The number of hydrogen-bond donors (Lipinski definition) is 0. The Hall–Kier alpha value is -2.73. The van der Waals surface area contributed by atoms with Crippen LogP contribution in [-0.2, 0) is 16.4 Å². The number of benzene rings is 2. The first-order chi connectivity index (χ1) is 12.0. The van der Waals surface area contributed by atoms with E-state index in [1.165, 1.54) is 6.26 Å². The van der Waals surface area contributed by atoms with E-state index in [1.54, 1.807) is 12.1 Å². The normalized spacial score (nSPS) is 12.1. The fourth-order valence-corrected chi connectivity index (χ4v) is 3.80. The number of hydrogen-bond acceptors (Lipinski definition) is 4. The monoisotopic (exact) mass is 351 g/mol. The molecule has 2 aromatic carbocycles. The molecule has 0 aliphatic heterocycles. The Morgan fingerprint density at radius 3 is 2.64 bits per heavy atom. The maximum atomic E-state index is 11.8. The Bertz CT molecular complexity index is 1200. The van der Waals surface area contributed by atoms with E-state index in [-0.39, 0.29) is 4.90 Å². The number of nitrogens with zero attached hydrogens (tertiary/aromatic N) is 3. The average molecular weight is 351 g/mol. The van der Waals surface area contributed by atoms with Gasteiger partial charge in [-0.3, -0.25) is 4.98 Å². The summed E-state index contributed by atoms with van der Waals surface area (Å²) in [6.45, 7) is 2.78. The first kappa shape index (κ1) is 15.8. The van der Waals surface area contributed by atoms with E-state index in [9.17, 15) is 8.42 Å². The molecule has 0 saturated carbocycles. The highest BCUT2D eigenvalue weighted by Gasteiger charge is 2.16. The fourth-order valence-electron chi connectivity index (χ4n) is 3.16. The standard InChI is InChI=1S/C19H17N3O2S/c1-3-22-18-9-8-14(25(2,23)24)10-17(18)21-19(22)16-12-20-11-13-6-4-5-7-15(13)16/h4-12H,3H2,1-2H3. The zero-order valence-electron chi connectivity index (χ0n) is 14.0. The zero-order valence-corrected chi connectivity index (χ0v) is 14.8. The van der Waals surface area contributed by atoms with Gasteiger partial charge in [-0.2, -0.15) is 0 Å². The van der Waals surface area contributed by atoms with E-state index in [1.807, 2.05) is 49.6 Å². The number of aryl methyl sites for hydroxylation is 1. The maximum Gasteiger partial charge on any atom is 0.175 e. The summed E-state index contributed by atoms with van der Waals surface area (Å²) in [6.07, 6.45) is 4.85. The SMILES string of the molecule is CCn1c(-c2cncc3ccccc23)nc2cc(S(C)(=O)=O)ccc21. The number of rotatable bonds is 3. The van der Waals surface area contributed by atoms with Crippen molar-refractivity contribution in [2.24, 2.45) is 0 Å². The fraction of sp³-hybridized carbons (Fsp3) is 0.158. The summed E-state index contributed by atoms with van der Waals surface area (Å²) >= 11 is 0. The third-order valence-corrected chi connectivity index (χ3v) is 5.48. The highest BCUT2D eigenvalue weighted by Crippen LogP contribution is 2.30. The minimum atomic E-state index is -3.27. The van der Waals surface area contributed by atoms with E-state index in [2.05, 4.69) is 9.55 Å². The molecule has 0 aliphatic rings. The van der Waals surface area contributed by atoms with Crippen LogP contribution in [0.5, 0.6) is 0 Å². The number of pyridine rings is 1. The van der Waals surface area contributed by atoms with E-state index >= 15 is 0 Å². The molecule has 4 rings (SSSR count). The largest absolute Gasteiger partial charge is 0.324 e. The van der Waals surface area contributed by atoms with Gasteiger partial charge in [0.1, 0.15) is 5.82 Å². The second kappa shape index (κ2) is 5.67. The third kappa shape index (κ3) is 2.59. The average Bonchev–Trinajstić information content (AvgIpc) is 2.98. The molecule has 0 unspecified atom stereocenters. The lowest BCUT2D eigenvalue weighted by molar-refractivity contribution is 0.602. The Kier molecular flexibility index (Phi) is 3.58. The van der Waals surface area contributed by atoms with Gasteiger partial charge in [-0.15, -0.1) is 0 Å². The summed E-state index contributed by atoms with van der Waals surface area (Å²) in [4.78, 5) is 9.36. The molecule has 0 bridgehead atoms. The number of sulfone groups is 1. The molecule has 126 valence electrons. The van der Waals surface area contributed by atoms with Gasteiger partial charge in [0.25, 0.3) is 0 Å². The summed E-state index contributed by atoms with van der Waals surface area (Å²) in [5.74, 6) is 0.799. The number of aromatic nitrogens is 3. The van der Waals surface area contributed by atoms with E-state index in [0.717, 1.165) is 34.2 Å². The summed E-state index contributed by atoms with van der Waals surface area (Å²) < 4.78 is 25.8. The first-order valence-electron chi connectivity index (χ1n) is 8.02. The van der Waals surface area contributed by atoms with Crippen LogP contribution in [0.25, 0.3) is 33.2 Å². The van der Waals surface area contributed by atoms with Gasteiger partial charge in [-0.1, -0.05) is 24.3 Å². The summed E-state index contributed by atoms with van der Waals surface area (Å²) in [5.41, 5.74) is 2.53. The molecule has 5 nitrogen and oxygen atoms in total. The minimum absolute atomic E-state index is 0.281. The number of imidazole rings is 1. The van der Waals surface area contributed by atoms with Crippen molar-refractivity contribution < 1.29 is 8.42 Å². The molecule has 0 saturated heterocycles. The molecule has 4 aromatic rings. The van der Waals surface area contributed by atoms with Crippen molar-refractivity contribution in [2.45, 2.75) is 18.4 Å². The van der Waals surface area contributed by atoms with Gasteiger partial charge in [0.05, 0.1) is 15.9 Å². The molecule has 0 amide bonds. The molecule has 0 spiro atoms. The molecule has 0 radical (unpaired) electrons. The van der Waals surface area contributed by atoms with Crippen molar-refractivity contribution in [3.05, 3.63) is 54.9 Å². The van der Waals surface area contributed by atoms with Crippen LogP contribution in [-0.4, -0.2) is 29.2 Å². The molecular weight excluding hydrogens is 334 g/mol. The molecule has 25 heavy (non-hydrogen) atoms. The predicted octanol–water partition coefficient (Wildman–Crippen LogP) is 3.67. The van der Waals surface area contributed by atoms with Crippen LogP contribution in [0.1, 0.15) is 6.92 Å². The zero-order chi connectivity index (χ0) is 17.6. The van der Waals surface area contributed by atoms with Crippen molar-refractivity contribution in [1.29, 1.82) is 0 Å². The van der Waals surface area contributed by atoms with Gasteiger partial charge < -0.3 is 4.57 Å². The van der Waals surface area contributed by atoms with E-state index < -0.39 is 9.84 Å². The van der Waals surface area contributed by atoms with E-state index in [4.69, 9.17) is 4.98 Å². The molecule has 0 N–H and O–H groups in total. The summed E-state index contributed by atoms with van der Waals surface area (Å²) in [6, 6.07) is 13.1. The Balaban J connectivity index is 2.04. The van der Waals surface area contributed by atoms with Crippen molar-refractivity contribution in [3.63, 3.8) is 0 Å². The first-order valence-corrected chi connectivity index (χ1v) is 9.91. The molecule has 0 atom stereocenters. The minimum Gasteiger partial charge on any atom is -0.324 e. The quantitative estimate of drug-likeness (QED) is 0.565. The van der Waals surface area contributed by atoms with Crippen LogP contribution < -0.4 is 0 Å². The van der Waals surface area contributed by atoms with Crippen molar-refractivity contribution in [2.75, 3.05) is 6.26 Å². The van der Waals surface area contributed by atoms with Gasteiger partial charge in [-0.25, -0.2) is 13.4 Å². The van der Waals surface area contributed by atoms with Gasteiger partial charge in [0.2, 0.25) is 0 Å². The maximum absolute atomic E-state index is 11.8. The second-order valence-corrected chi connectivity index (χ2v) is 8.03. The van der Waals surface area contributed by atoms with Gasteiger partial charge in [-0.05, 0) is 30.5 Å².